The average molecular weight is 370 g/mol. The van der Waals surface area contributed by atoms with Crippen LogP contribution in [-0.2, 0) is 0 Å². The molecule has 27 heavy (non-hydrogen) atoms. The zero-order valence-corrected chi connectivity index (χ0v) is 14.3. The molecule has 0 atom stereocenters. The molecule has 3 aromatic carbocycles. The summed E-state index contributed by atoms with van der Waals surface area (Å²) in [6.07, 6.45) is 0. The summed E-state index contributed by atoms with van der Waals surface area (Å²) in [5.74, 6) is -1.59. The van der Waals surface area contributed by atoms with Crippen molar-refractivity contribution in [2.24, 2.45) is 10.9 Å². The van der Waals surface area contributed by atoms with Crippen LogP contribution in [0.3, 0.4) is 0 Å². The topological polar surface area (TPSA) is 88.1 Å². The van der Waals surface area contributed by atoms with Gasteiger partial charge in [0.05, 0.1) is 7.11 Å². The SMILES string of the molecule is COc1c(F)cccc1-c1c(/C(N)=N/O)cc(F)cc1-c1ccc(O)cc1. The number of oxime groups is 1. The van der Waals surface area contributed by atoms with Crippen molar-refractivity contribution >= 4 is 5.84 Å². The van der Waals surface area contributed by atoms with Crippen LogP contribution in [0.2, 0.25) is 0 Å². The zero-order valence-electron chi connectivity index (χ0n) is 14.3. The van der Waals surface area contributed by atoms with Crippen LogP contribution in [0.4, 0.5) is 8.78 Å². The Morgan fingerprint density at radius 3 is 2.37 bits per heavy atom. The maximum absolute atomic E-state index is 14.3. The van der Waals surface area contributed by atoms with Crippen LogP contribution in [0, 0.1) is 11.6 Å². The monoisotopic (exact) mass is 370 g/mol. The Hall–Kier alpha value is -3.61. The highest BCUT2D eigenvalue weighted by molar-refractivity contribution is 6.07. The summed E-state index contributed by atoms with van der Waals surface area (Å²) in [6.45, 7) is 0. The van der Waals surface area contributed by atoms with Gasteiger partial charge in [0.1, 0.15) is 11.6 Å². The van der Waals surface area contributed by atoms with Crippen molar-refractivity contribution in [2.45, 2.75) is 0 Å². The van der Waals surface area contributed by atoms with Crippen molar-refractivity contribution < 1.29 is 23.8 Å². The third-order valence-electron chi connectivity index (χ3n) is 4.11. The number of ether oxygens (including phenoxy) is 1. The molecular weight excluding hydrogens is 354 g/mol. The standard InChI is InChI=1S/C20H16F2N2O3/c1-27-19-14(3-2-4-17(19)22)18-15(11-5-7-13(25)8-6-11)9-12(21)10-16(18)20(23)24-26/h2-10,25-26H,1H3,(H2,23,24). The van der Waals surface area contributed by atoms with Gasteiger partial charge in [-0.2, -0.15) is 0 Å². The molecule has 0 aliphatic rings. The fraction of sp³-hybridized carbons (Fsp3) is 0.0500. The Labute approximate surface area is 153 Å². The molecule has 4 N–H and O–H groups in total. The molecule has 138 valence electrons. The highest BCUT2D eigenvalue weighted by Gasteiger charge is 2.22. The number of hydrogen-bond donors (Lipinski definition) is 3. The van der Waals surface area contributed by atoms with E-state index in [1.807, 2.05) is 0 Å². The summed E-state index contributed by atoms with van der Waals surface area (Å²) in [4.78, 5) is 0. The number of nitrogens with two attached hydrogens (primary N) is 1. The van der Waals surface area contributed by atoms with Crippen LogP contribution in [0.15, 0.2) is 59.8 Å². The number of hydrogen-bond acceptors (Lipinski definition) is 4. The number of para-hydroxylation sites is 1. The van der Waals surface area contributed by atoms with Crippen molar-refractivity contribution in [1.29, 1.82) is 0 Å². The third-order valence-corrected chi connectivity index (χ3v) is 4.11. The molecule has 0 fully saturated rings. The highest BCUT2D eigenvalue weighted by atomic mass is 19.1. The number of benzene rings is 3. The molecule has 0 spiro atoms. The van der Waals surface area contributed by atoms with Gasteiger partial charge < -0.3 is 20.8 Å². The number of methoxy groups -OCH3 is 1. The Morgan fingerprint density at radius 2 is 1.74 bits per heavy atom. The molecule has 3 aromatic rings. The number of halogens is 2. The minimum absolute atomic E-state index is 0.0386. The van der Waals surface area contributed by atoms with E-state index in [4.69, 9.17) is 15.7 Å². The molecule has 0 unspecified atom stereocenters. The van der Waals surface area contributed by atoms with E-state index in [-0.39, 0.29) is 22.9 Å². The normalized spacial score (nSPS) is 11.4. The molecule has 0 saturated heterocycles. The first kappa shape index (κ1) is 18.2. The largest absolute Gasteiger partial charge is 0.508 e. The maximum Gasteiger partial charge on any atom is 0.170 e. The number of phenols is 1. The van der Waals surface area contributed by atoms with Gasteiger partial charge in [-0.3, -0.25) is 0 Å². The maximum atomic E-state index is 14.3. The fourth-order valence-corrected chi connectivity index (χ4v) is 2.93. The summed E-state index contributed by atoms with van der Waals surface area (Å²) in [5, 5.41) is 21.6. The molecule has 7 heteroatoms. The molecule has 3 rings (SSSR count). The molecule has 0 aromatic heterocycles. The van der Waals surface area contributed by atoms with E-state index < -0.39 is 11.6 Å². The lowest BCUT2D eigenvalue weighted by Crippen LogP contribution is -2.15. The first-order valence-electron chi connectivity index (χ1n) is 7.90. The van der Waals surface area contributed by atoms with Crippen LogP contribution in [0.1, 0.15) is 5.56 Å². The van der Waals surface area contributed by atoms with E-state index in [9.17, 15) is 13.9 Å². The summed E-state index contributed by atoms with van der Waals surface area (Å²) in [5.41, 5.74) is 7.37. The number of aromatic hydroxyl groups is 1. The van der Waals surface area contributed by atoms with E-state index in [1.54, 1.807) is 18.2 Å². The van der Waals surface area contributed by atoms with Crippen molar-refractivity contribution in [3.63, 3.8) is 0 Å². The van der Waals surface area contributed by atoms with Crippen molar-refractivity contribution in [1.82, 2.24) is 0 Å². The number of nitrogens with zero attached hydrogens (tertiary/aromatic N) is 1. The molecular formula is C20H16F2N2O3. The summed E-state index contributed by atoms with van der Waals surface area (Å²) >= 11 is 0. The minimum Gasteiger partial charge on any atom is -0.508 e. The van der Waals surface area contributed by atoms with Gasteiger partial charge in [0.2, 0.25) is 0 Å². The van der Waals surface area contributed by atoms with Crippen molar-refractivity contribution in [3.05, 3.63) is 71.8 Å². The van der Waals surface area contributed by atoms with Gasteiger partial charge in [-0.15, -0.1) is 0 Å². The molecule has 0 amide bonds. The molecule has 5 nitrogen and oxygen atoms in total. The van der Waals surface area contributed by atoms with Gasteiger partial charge in [0, 0.05) is 16.7 Å². The van der Waals surface area contributed by atoms with Crippen LogP contribution in [0.5, 0.6) is 11.5 Å². The van der Waals surface area contributed by atoms with Gasteiger partial charge in [-0.1, -0.05) is 29.4 Å². The van der Waals surface area contributed by atoms with Crippen LogP contribution >= 0.6 is 0 Å². The molecule has 0 aliphatic carbocycles. The predicted octanol–water partition coefficient (Wildman–Crippen LogP) is 4.11. The smallest absolute Gasteiger partial charge is 0.170 e. The summed E-state index contributed by atoms with van der Waals surface area (Å²) < 4.78 is 33.8. The average Bonchev–Trinajstić information content (AvgIpc) is 2.67. The molecule has 0 bridgehead atoms. The van der Waals surface area contributed by atoms with Crippen LogP contribution in [0.25, 0.3) is 22.3 Å². The Morgan fingerprint density at radius 1 is 1.04 bits per heavy atom. The lowest BCUT2D eigenvalue weighted by Gasteiger charge is -2.18. The lowest BCUT2D eigenvalue weighted by atomic mass is 9.89. The fourth-order valence-electron chi connectivity index (χ4n) is 2.93. The predicted molar refractivity (Wildman–Crippen MR) is 98.0 cm³/mol. The van der Waals surface area contributed by atoms with Crippen molar-refractivity contribution in [2.75, 3.05) is 7.11 Å². The Bertz CT molecular complexity index is 1020. The van der Waals surface area contributed by atoms with Crippen LogP contribution in [-0.4, -0.2) is 23.3 Å². The molecule has 0 saturated carbocycles. The summed E-state index contributed by atoms with van der Waals surface area (Å²) in [7, 11) is 1.31. The van der Waals surface area contributed by atoms with E-state index in [1.165, 1.54) is 37.4 Å². The Kier molecular flexibility index (Phi) is 4.94. The lowest BCUT2D eigenvalue weighted by molar-refractivity contribution is 0.318. The molecule has 0 radical (unpaired) electrons. The zero-order chi connectivity index (χ0) is 19.6. The van der Waals surface area contributed by atoms with E-state index >= 15 is 0 Å². The minimum atomic E-state index is -0.626. The number of rotatable bonds is 4. The first-order valence-corrected chi connectivity index (χ1v) is 7.90. The highest BCUT2D eigenvalue weighted by Crippen LogP contribution is 2.41. The van der Waals surface area contributed by atoms with Crippen molar-refractivity contribution in [3.8, 4) is 33.8 Å². The van der Waals surface area contributed by atoms with Gasteiger partial charge >= 0.3 is 0 Å². The number of amidine groups is 1. The second-order valence-corrected chi connectivity index (χ2v) is 5.73. The van der Waals surface area contributed by atoms with Gasteiger partial charge in [-0.05, 0) is 41.5 Å². The van der Waals surface area contributed by atoms with Gasteiger partial charge in [0.15, 0.2) is 17.4 Å². The third kappa shape index (κ3) is 3.39. The number of phenolic OH excluding ortho intramolecular Hbond substituents is 1. The Balaban J connectivity index is 2.43. The second kappa shape index (κ2) is 7.33. The second-order valence-electron chi connectivity index (χ2n) is 5.73. The van der Waals surface area contributed by atoms with Crippen LogP contribution < -0.4 is 10.5 Å². The molecule has 0 aliphatic heterocycles. The molecule has 0 heterocycles. The van der Waals surface area contributed by atoms with Gasteiger partial charge in [-0.25, -0.2) is 8.78 Å². The van der Waals surface area contributed by atoms with E-state index in [0.717, 1.165) is 6.07 Å². The van der Waals surface area contributed by atoms with E-state index in [0.29, 0.717) is 22.3 Å². The van der Waals surface area contributed by atoms with E-state index in [2.05, 4.69) is 5.16 Å². The van der Waals surface area contributed by atoms with Gasteiger partial charge in [0.25, 0.3) is 0 Å². The summed E-state index contributed by atoms with van der Waals surface area (Å²) in [6, 6.07) is 12.7. The first-order chi connectivity index (χ1) is 13.0. The quantitative estimate of drug-likeness (QED) is 0.279.